The van der Waals surface area contributed by atoms with E-state index in [0.29, 0.717) is 18.7 Å². The maximum absolute atomic E-state index is 12.3. The molecule has 2 aliphatic rings. The molecule has 4 heteroatoms. The Labute approximate surface area is 106 Å². The zero-order valence-electron chi connectivity index (χ0n) is 10.2. The molecule has 1 spiro atoms. The van der Waals surface area contributed by atoms with Crippen LogP contribution in [0.15, 0.2) is 30.3 Å². The number of rotatable bonds is 1. The third kappa shape index (κ3) is 1.78. The molecule has 0 bridgehead atoms. The van der Waals surface area contributed by atoms with Crippen molar-refractivity contribution in [3.63, 3.8) is 0 Å². The van der Waals surface area contributed by atoms with Crippen LogP contribution in [0, 0.1) is 5.41 Å². The van der Waals surface area contributed by atoms with Gasteiger partial charge < -0.3 is 5.32 Å². The van der Waals surface area contributed by atoms with Crippen LogP contribution in [0.25, 0.3) is 0 Å². The number of imide groups is 1. The summed E-state index contributed by atoms with van der Waals surface area (Å²) in [6.45, 7) is 0.626. The Morgan fingerprint density at radius 1 is 1.11 bits per heavy atom. The summed E-state index contributed by atoms with van der Waals surface area (Å²) in [7, 11) is 0. The van der Waals surface area contributed by atoms with Gasteiger partial charge in [-0.3, -0.25) is 4.79 Å². The fourth-order valence-corrected chi connectivity index (χ4v) is 2.79. The molecule has 1 aromatic rings. The minimum atomic E-state index is -0.296. The quantitative estimate of drug-likeness (QED) is 0.824. The molecule has 1 aliphatic heterocycles. The number of nitrogens with zero attached hydrogens (tertiary/aromatic N) is 1. The fraction of sp³-hybridized carbons (Fsp3) is 0.429. The monoisotopic (exact) mass is 244 g/mol. The second-order valence-corrected chi connectivity index (χ2v) is 5.25. The summed E-state index contributed by atoms with van der Waals surface area (Å²) >= 11 is 0. The van der Waals surface area contributed by atoms with Crippen molar-refractivity contribution in [2.24, 2.45) is 5.41 Å². The lowest BCUT2D eigenvalue weighted by Crippen LogP contribution is -2.42. The highest BCUT2D eigenvalue weighted by Gasteiger charge is 2.43. The molecule has 0 unspecified atom stereocenters. The third-order valence-corrected chi connectivity index (χ3v) is 4.02. The standard InChI is InChI=1S/C14H16N2O2/c17-12-9-14(7-4-8-14)10-15-13(18)16(12)11-5-2-1-3-6-11/h1-3,5-6H,4,7-10H2,(H,15,18). The average Bonchev–Trinajstić information content (AvgIpc) is 2.46. The smallest absolute Gasteiger partial charge is 0.328 e. The number of amides is 3. The van der Waals surface area contributed by atoms with Gasteiger partial charge >= 0.3 is 6.03 Å². The van der Waals surface area contributed by atoms with E-state index in [1.807, 2.05) is 18.2 Å². The van der Waals surface area contributed by atoms with E-state index >= 15 is 0 Å². The van der Waals surface area contributed by atoms with Crippen molar-refractivity contribution in [1.82, 2.24) is 5.32 Å². The Balaban J connectivity index is 1.90. The maximum Gasteiger partial charge on any atom is 0.328 e. The van der Waals surface area contributed by atoms with Gasteiger partial charge in [-0.15, -0.1) is 0 Å². The molecule has 0 atom stereocenters. The van der Waals surface area contributed by atoms with E-state index < -0.39 is 0 Å². The van der Waals surface area contributed by atoms with E-state index in [4.69, 9.17) is 0 Å². The van der Waals surface area contributed by atoms with Gasteiger partial charge in [0.15, 0.2) is 0 Å². The molecular formula is C14H16N2O2. The second kappa shape index (κ2) is 4.12. The first-order chi connectivity index (χ1) is 8.70. The first kappa shape index (κ1) is 11.3. The van der Waals surface area contributed by atoms with Gasteiger partial charge in [-0.2, -0.15) is 0 Å². The Bertz CT molecular complexity index is 480. The zero-order chi connectivity index (χ0) is 12.6. The Hall–Kier alpha value is -1.84. The molecule has 3 amide bonds. The van der Waals surface area contributed by atoms with Crippen LogP contribution in [0.3, 0.4) is 0 Å². The highest BCUT2D eigenvalue weighted by Crippen LogP contribution is 2.44. The van der Waals surface area contributed by atoms with Gasteiger partial charge in [-0.05, 0) is 30.4 Å². The summed E-state index contributed by atoms with van der Waals surface area (Å²) in [6, 6.07) is 8.82. The number of para-hydroxylation sites is 1. The maximum atomic E-state index is 12.3. The lowest BCUT2D eigenvalue weighted by Gasteiger charge is -2.39. The van der Waals surface area contributed by atoms with Gasteiger partial charge in [0.1, 0.15) is 0 Å². The van der Waals surface area contributed by atoms with Gasteiger partial charge in [-0.1, -0.05) is 24.6 Å². The lowest BCUT2D eigenvalue weighted by atomic mass is 9.66. The number of hydrogen-bond acceptors (Lipinski definition) is 2. The minimum absolute atomic E-state index is 0.0241. The molecule has 0 radical (unpaired) electrons. The summed E-state index contributed by atoms with van der Waals surface area (Å²) in [5, 5.41) is 2.88. The van der Waals surface area contributed by atoms with Crippen LogP contribution in [-0.4, -0.2) is 18.5 Å². The molecule has 0 aromatic heterocycles. The number of hydrogen-bond donors (Lipinski definition) is 1. The van der Waals surface area contributed by atoms with Crippen molar-refractivity contribution in [3.8, 4) is 0 Å². The summed E-state index contributed by atoms with van der Waals surface area (Å²) in [5.41, 5.74) is 0.674. The highest BCUT2D eigenvalue weighted by molar-refractivity contribution is 6.14. The predicted molar refractivity (Wildman–Crippen MR) is 68.2 cm³/mol. The normalized spacial score (nSPS) is 22.3. The predicted octanol–water partition coefficient (Wildman–Crippen LogP) is 2.30. The molecular weight excluding hydrogens is 228 g/mol. The largest absolute Gasteiger partial charge is 0.337 e. The van der Waals surface area contributed by atoms with Crippen LogP contribution < -0.4 is 10.2 Å². The van der Waals surface area contributed by atoms with Gasteiger partial charge in [0, 0.05) is 13.0 Å². The van der Waals surface area contributed by atoms with Crippen molar-refractivity contribution < 1.29 is 9.59 Å². The fourth-order valence-electron chi connectivity index (χ4n) is 2.79. The third-order valence-electron chi connectivity index (χ3n) is 4.02. The van der Waals surface area contributed by atoms with Crippen molar-refractivity contribution in [3.05, 3.63) is 30.3 Å². The molecule has 1 aromatic carbocycles. The summed E-state index contributed by atoms with van der Waals surface area (Å²) in [6.07, 6.45) is 3.72. The topological polar surface area (TPSA) is 49.4 Å². The van der Waals surface area contributed by atoms with E-state index in [1.54, 1.807) is 12.1 Å². The van der Waals surface area contributed by atoms with Crippen molar-refractivity contribution >= 4 is 17.6 Å². The Kier molecular flexibility index (Phi) is 2.58. The number of carbonyl (C=O) groups excluding carboxylic acids is 2. The summed E-state index contributed by atoms with van der Waals surface area (Å²) in [5.74, 6) is -0.0871. The van der Waals surface area contributed by atoms with Crippen LogP contribution >= 0.6 is 0 Å². The van der Waals surface area contributed by atoms with E-state index in [2.05, 4.69) is 5.32 Å². The van der Waals surface area contributed by atoms with Crippen molar-refractivity contribution in [1.29, 1.82) is 0 Å². The highest BCUT2D eigenvalue weighted by atomic mass is 16.2. The molecule has 1 heterocycles. The molecule has 18 heavy (non-hydrogen) atoms. The first-order valence-corrected chi connectivity index (χ1v) is 6.36. The first-order valence-electron chi connectivity index (χ1n) is 6.36. The van der Waals surface area contributed by atoms with E-state index in [0.717, 1.165) is 19.3 Å². The van der Waals surface area contributed by atoms with Crippen molar-refractivity contribution in [2.75, 3.05) is 11.4 Å². The Morgan fingerprint density at radius 3 is 2.44 bits per heavy atom. The molecule has 94 valence electrons. The van der Waals surface area contributed by atoms with Gasteiger partial charge in [-0.25, -0.2) is 9.69 Å². The van der Waals surface area contributed by atoms with Crippen molar-refractivity contribution in [2.45, 2.75) is 25.7 Å². The number of anilines is 1. The van der Waals surface area contributed by atoms with E-state index in [9.17, 15) is 9.59 Å². The number of benzene rings is 1. The van der Waals surface area contributed by atoms with E-state index in [-0.39, 0.29) is 17.4 Å². The second-order valence-electron chi connectivity index (χ2n) is 5.25. The number of carbonyl (C=O) groups is 2. The molecule has 1 N–H and O–H groups in total. The summed E-state index contributed by atoms with van der Waals surface area (Å²) in [4.78, 5) is 25.6. The van der Waals surface area contributed by atoms with Gasteiger partial charge in [0.2, 0.25) is 5.91 Å². The van der Waals surface area contributed by atoms with Crippen LogP contribution in [0.1, 0.15) is 25.7 Å². The summed E-state index contributed by atoms with van der Waals surface area (Å²) < 4.78 is 0. The Morgan fingerprint density at radius 2 is 1.83 bits per heavy atom. The van der Waals surface area contributed by atoms with Gasteiger partial charge in [0.05, 0.1) is 5.69 Å². The van der Waals surface area contributed by atoms with Crippen LogP contribution in [0.5, 0.6) is 0 Å². The van der Waals surface area contributed by atoms with Crippen LogP contribution in [0.2, 0.25) is 0 Å². The van der Waals surface area contributed by atoms with Gasteiger partial charge in [0.25, 0.3) is 0 Å². The molecule has 1 saturated carbocycles. The van der Waals surface area contributed by atoms with Crippen LogP contribution in [-0.2, 0) is 4.79 Å². The molecule has 4 nitrogen and oxygen atoms in total. The van der Waals surface area contributed by atoms with E-state index in [1.165, 1.54) is 4.90 Å². The number of nitrogens with one attached hydrogen (secondary N) is 1. The SMILES string of the molecule is O=C1CC2(CCC2)CNC(=O)N1c1ccccc1. The molecule has 2 fully saturated rings. The molecule has 1 saturated heterocycles. The zero-order valence-corrected chi connectivity index (χ0v) is 10.2. The lowest BCUT2D eigenvalue weighted by molar-refractivity contribution is -0.120. The minimum Gasteiger partial charge on any atom is -0.337 e. The molecule has 1 aliphatic carbocycles. The number of urea groups is 1. The van der Waals surface area contributed by atoms with Crippen LogP contribution in [0.4, 0.5) is 10.5 Å². The average molecular weight is 244 g/mol. The molecule has 3 rings (SSSR count).